The van der Waals surface area contributed by atoms with E-state index in [1.165, 1.54) is 0 Å². The van der Waals surface area contributed by atoms with Gasteiger partial charge in [0.1, 0.15) is 6.07 Å². The van der Waals surface area contributed by atoms with Crippen molar-refractivity contribution in [2.45, 2.75) is 6.92 Å². The summed E-state index contributed by atoms with van der Waals surface area (Å²) in [5, 5.41) is 12.5. The molecule has 92 valence electrons. The van der Waals surface area contributed by atoms with Crippen molar-refractivity contribution in [3.05, 3.63) is 53.0 Å². The molecule has 1 N–H and O–H groups in total. The van der Waals surface area contributed by atoms with E-state index >= 15 is 0 Å². The Kier molecular flexibility index (Phi) is 2.90. The van der Waals surface area contributed by atoms with Crippen molar-refractivity contribution in [1.29, 1.82) is 5.26 Å². The number of anilines is 2. The number of nitrogens with one attached hydrogen (secondary N) is 1. The van der Waals surface area contributed by atoms with Gasteiger partial charge in [-0.2, -0.15) is 5.26 Å². The van der Waals surface area contributed by atoms with E-state index in [-0.39, 0.29) is 0 Å². The number of nitriles is 1. The fourth-order valence-electron chi connectivity index (χ4n) is 1.95. The minimum absolute atomic E-state index is 0.657. The third-order valence-electron chi connectivity index (χ3n) is 2.91. The van der Waals surface area contributed by atoms with Gasteiger partial charge in [0, 0.05) is 5.69 Å². The summed E-state index contributed by atoms with van der Waals surface area (Å²) in [6.07, 6.45) is 0. The Balaban J connectivity index is 1.98. The van der Waals surface area contributed by atoms with E-state index in [0.29, 0.717) is 5.56 Å². The minimum Gasteiger partial charge on any atom is -0.354 e. The first-order valence-electron chi connectivity index (χ1n) is 5.87. The molecule has 0 saturated carbocycles. The Bertz CT molecular complexity index is 783. The Morgan fingerprint density at radius 2 is 2.11 bits per heavy atom. The van der Waals surface area contributed by atoms with E-state index in [1.807, 2.05) is 48.8 Å². The van der Waals surface area contributed by atoms with Crippen molar-refractivity contribution < 1.29 is 0 Å². The monoisotopic (exact) mass is 265 g/mol. The SMILES string of the molecule is Cc1ccc(Nc2ccc3ncsc3c2)c(C#N)c1. The molecule has 0 saturated heterocycles. The van der Waals surface area contributed by atoms with Crippen LogP contribution in [0.2, 0.25) is 0 Å². The van der Waals surface area contributed by atoms with Gasteiger partial charge < -0.3 is 5.32 Å². The molecule has 3 rings (SSSR count). The summed E-state index contributed by atoms with van der Waals surface area (Å²) in [4.78, 5) is 4.25. The molecule has 3 aromatic rings. The Morgan fingerprint density at radius 1 is 1.21 bits per heavy atom. The van der Waals surface area contributed by atoms with Crippen LogP contribution >= 0.6 is 11.3 Å². The largest absolute Gasteiger partial charge is 0.354 e. The molecule has 3 nitrogen and oxygen atoms in total. The molecule has 1 heterocycles. The molecule has 1 aromatic heterocycles. The molecule has 2 aromatic carbocycles. The summed E-state index contributed by atoms with van der Waals surface area (Å²) in [6.45, 7) is 1.98. The average molecular weight is 265 g/mol. The second-order valence-corrected chi connectivity index (χ2v) is 5.21. The molecule has 0 fully saturated rings. The highest BCUT2D eigenvalue weighted by Gasteiger charge is 2.04. The van der Waals surface area contributed by atoms with Gasteiger partial charge in [0.2, 0.25) is 0 Å². The molecule has 4 heteroatoms. The molecule has 19 heavy (non-hydrogen) atoms. The second kappa shape index (κ2) is 4.71. The smallest absolute Gasteiger partial charge is 0.101 e. The number of hydrogen-bond acceptors (Lipinski definition) is 4. The van der Waals surface area contributed by atoms with E-state index in [0.717, 1.165) is 27.2 Å². The van der Waals surface area contributed by atoms with Crippen LogP contribution in [0.3, 0.4) is 0 Å². The summed E-state index contributed by atoms with van der Waals surface area (Å²) in [7, 11) is 0. The molecule has 0 aliphatic rings. The second-order valence-electron chi connectivity index (χ2n) is 4.32. The lowest BCUT2D eigenvalue weighted by Crippen LogP contribution is -1.93. The first-order valence-corrected chi connectivity index (χ1v) is 6.75. The fourth-order valence-corrected chi connectivity index (χ4v) is 2.66. The highest BCUT2D eigenvalue weighted by molar-refractivity contribution is 7.16. The Morgan fingerprint density at radius 3 is 2.95 bits per heavy atom. The molecular formula is C15H11N3S. The number of nitrogens with zero attached hydrogens (tertiary/aromatic N) is 2. The topological polar surface area (TPSA) is 48.7 Å². The predicted molar refractivity (Wildman–Crippen MR) is 78.8 cm³/mol. The van der Waals surface area contributed by atoms with Crippen molar-refractivity contribution in [3.63, 3.8) is 0 Å². The van der Waals surface area contributed by atoms with Crippen molar-refractivity contribution in [1.82, 2.24) is 4.98 Å². The average Bonchev–Trinajstić information content (AvgIpc) is 2.88. The molecule has 0 aliphatic heterocycles. The highest BCUT2D eigenvalue weighted by atomic mass is 32.1. The molecule has 0 atom stereocenters. The first kappa shape index (κ1) is 11.7. The Hall–Kier alpha value is -2.38. The number of aromatic nitrogens is 1. The number of hydrogen-bond donors (Lipinski definition) is 1. The number of benzene rings is 2. The molecule has 0 unspecified atom stereocenters. The lowest BCUT2D eigenvalue weighted by molar-refractivity contribution is 1.41. The quantitative estimate of drug-likeness (QED) is 0.754. The maximum Gasteiger partial charge on any atom is 0.101 e. The highest BCUT2D eigenvalue weighted by Crippen LogP contribution is 2.26. The summed E-state index contributed by atoms with van der Waals surface area (Å²) in [5.41, 5.74) is 6.37. The maximum absolute atomic E-state index is 9.16. The number of thiazole rings is 1. The van der Waals surface area contributed by atoms with Gasteiger partial charge in [-0.15, -0.1) is 11.3 Å². The molecule has 0 amide bonds. The van der Waals surface area contributed by atoms with Crippen LogP contribution in [0.25, 0.3) is 10.2 Å². The zero-order chi connectivity index (χ0) is 13.2. The molecule has 0 radical (unpaired) electrons. The van der Waals surface area contributed by atoms with Crippen LogP contribution in [-0.2, 0) is 0 Å². The van der Waals surface area contributed by atoms with Crippen LogP contribution in [0.4, 0.5) is 11.4 Å². The molecule has 0 aliphatic carbocycles. The third kappa shape index (κ3) is 2.28. The predicted octanol–water partition coefficient (Wildman–Crippen LogP) is 4.22. The van der Waals surface area contributed by atoms with Crippen LogP contribution in [0.5, 0.6) is 0 Å². The van der Waals surface area contributed by atoms with E-state index in [1.54, 1.807) is 11.3 Å². The number of aryl methyl sites for hydroxylation is 1. The zero-order valence-electron chi connectivity index (χ0n) is 10.3. The van der Waals surface area contributed by atoms with Crippen LogP contribution in [-0.4, -0.2) is 4.98 Å². The van der Waals surface area contributed by atoms with Crippen molar-refractivity contribution in [2.24, 2.45) is 0 Å². The summed E-state index contributed by atoms with van der Waals surface area (Å²) < 4.78 is 1.13. The van der Waals surface area contributed by atoms with Gasteiger partial charge in [0.15, 0.2) is 0 Å². The van der Waals surface area contributed by atoms with Gasteiger partial charge in [0.25, 0.3) is 0 Å². The van der Waals surface area contributed by atoms with Crippen LogP contribution in [0, 0.1) is 18.3 Å². The van der Waals surface area contributed by atoms with E-state index < -0.39 is 0 Å². The molecule has 0 spiro atoms. The minimum atomic E-state index is 0.657. The van der Waals surface area contributed by atoms with E-state index in [4.69, 9.17) is 5.26 Å². The van der Waals surface area contributed by atoms with Crippen LogP contribution < -0.4 is 5.32 Å². The summed E-state index contributed by atoms with van der Waals surface area (Å²) in [5.74, 6) is 0. The number of rotatable bonds is 2. The van der Waals surface area contributed by atoms with Crippen LogP contribution in [0.1, 0.15) is 11.1 Å². The van der Waals surface area contributed by atoms with Gasteiger partial charge in [-0.25, -0.2) is 4.98 Å². The van der Waals surface area contributed by atoms with Gasteiger partial charge in [-0.3, -0.25) is 0 Å². The molecule has 0 bridgehead atoms. The summed E-state index contributed by atoms with van der Waals surface area (Å²) in [6, 6.07) is 14.0. The van der Waals surface area contributed by atoms with Crippen molar-refractivity contribution >= 4 is 32.9 Å². The summed E-state index contributed by atoms with van der Waals surface area (Å²) >= 11 is 1.61. The number of fused-ring (bicyclic) bond motifs is 1. The van der Waals surface area contributed by atoms with Gasteiger partial charge in [-0.05, 0) is 42.8 Å². The maximum atomic E-state index is 9.16. The van der Waals surface area contributed by atoms with E-state index in [9.17, 15) is 0 Å². The van der Waals surface area contributed by atoms with E-state index in [2.05, 4.69) is 16.4 Å². The lowest BCUT2D eigenvalue weighted by Gasteiger charge is -2.08. The normalized spacial score (nSPS) is 10.3. The molecular weight excluding hydrogens is 254 g/mol. The van der Waals surface area contributed by atoms with Gasteiger partial charge >= 0.3 is 0 Å². The third-order valence-corrected chi connectivity index (χ3v) is 3.70. The van der Waals surface area contributed by atoms with Gasteiger partial charge in [-0.1, -0.05) is 6.07 Å². The fraction of sp³-hybridized carbons (Fsp3) is 0.0667. The standard InChI is InChI=1S/C15H11N3S/c1-10-2-4-13(11(6-10)8-16)18-12-3-5-14-15(7-12)19-9-17-14/h2-7,9,18H,1H3. The lowest BCUT2D eigenvalue weighted by atomic mass is 10.1. The first-order chi connectivity index (χ1) is 9.26. The zero-order valence-corrected chi connectivity index (χ0v) is 11.2. The Labute approximate surface area is 115 Å². The van der Waals surface area contributed by atoms with Crippen LogP contribution in [0.15, 0.2) is 41.9 Å². The van der Waals surface area contributed by atoms with Gasteiger partial charge in [0.05, 0.1) is 27.0 Å². The van der Waals surface area contributed by atoms with Crippen molar-refractivity contribution in [2.75, 3.05) is 5.32 Å². The van der Waals surface area contributed by atoms with Crippen molar-refractivity contribution in [3.8, 4) is 6.07 Å².